The van der Waals surface area contributed by atoms with Crippen molar-refractivity contribution in [3.63, 3.8) is 0 Å². The van der Waals surface area contributed by atoms with Crippen LogP contribution in [0, 0.1) is 0 Å². The highest BCUT2D eigenvalue weighted by Crippen LogP contribution is 2.27. The van der Waals surface area contributed by atoms with Crippen molar-refractivity contribution >= 4 is 35.3 Å². The topological polar surface area (TPSA) is 67.4 Å². The van der Waals surface area contributed by atoms with Crippen molar-refractivity contribution in [3.8, 4) is 0 Å². The summed E-state index contributed by atoms with van der Waals surface area (Å²) in [5.74, 6) is 1.24. The molecule has 0 fully saturated rings. The van der Waals surface area contributed by atoms with Crippen LogP contribution in [0.1, 0.15) is 24.7 Å². The van der Waals surface area contributed by atoms with Gasteiger partial charge in [-0.2, -0.15) is 0 Å². The van der Waals surface area contributed by atoms with Crippen LogP contribution in [0.3, 0.4) is 0 Å². The Balaban J connectivity index is 1.85. The highest BCUT2D eigenvalue weighted by molar-refractivity contribution is 8.04. The Hall–Kier alpha value is -1.60. The molecule has 1 aliphatic heterocycles. The lowest BCUT2D eigenvalue weighted by atomic mass is 10.1. The van der Waals surface area contributed by atoms with E-state index in [1.54, 1.807) is 6.92 Å². The van der Waals surface area contributed by atoms with Gasteiger partial charge in [0, 0.05) is 18.3 Å². The molecule has 5 nitrogen and oxygen atoms in total. The maximum absolute atomic E-state index is 12.4. The van der Waals surface area contributed by atoms with Crippen LogP contribution >= 0.6 is 23.5 Å². The monoisotopic (exact) mass is 380 g/mol. The fourth-order valence-electron chi connectivity index (χ4n) is 2.44. The Morgan fingerprint density at radius 3 is 2.68 bits per heavy atom. The van der Waals surface area contributed by atoms with E-state index < -0.39 is 0 Å². The summed E-state index contributed by atoms with van der Waals surface area (Å²) in [6.07, 6.45) is 1.91. The van der Waals surface area contributed by atoms with Gasteiger partial charge in [0.2, 0.25) is 5.91 Å². The Morgan fingerprint density at radius 1 is 1.32 bits per heavy atom. The van der Waals surface area contributed by atoms with Gasteiger partial charge in [-0.05, 0) is 25.7 Å². The number of rotatable bonds is 7. The van der Waals surface area contributed by atoms with Gasteiger partial charge in [0.25, 0.3) is 5.91 Å². The van der Waals surface area contributed by atoms with Crippen molar-refractivity contribution in [1.29, 1.82) is 0 Å². The van der Waals surface area contributed by atoms with Gasteiger partial charge in [-0.25, -0.2) is 0 Å². The molecular formula is C18H24N2O3S2. The molecule has 0 saturated heterocycles. The zero-order chi connectivity index (χ0) is 18.2. The number of amides is 2. The molecule has 25 heavy (non-hydrogen) atoms. The summed E-state index contributed by atoms with van der Waals surface area (Å²) >= 11 is 3.00. The van der Waals surface area contributed by atoms with E-state index in [-0.39, 0.29) is 23.1 Å². The summed E-state index contributed by atoms with van der Waals surface area (Å²) in [5.41, 5.74) is 0.973. The van der Waals surface area contributed by atoms with Crippen LogP contribution in [0.4, 0.5) is 0 Å². The molecule has 0 bridgehead atoms. The van der Waals surface area contributed by atoms with Crippen LogP contribution in [0.5, 0.6) is 0 Å². The largest absolute Gasteiger partial charge is 0.496 e. The van der Waals surface area contributed by atoms with Gasteiger partial charge in [0.15, 0.2) is 0 Å². The van der Waals surface area contributed by atoms with E-state index in [0.29, 0.717) is 23.8 Å². The molecule has 0 radical (unpaired) electrons. The van der Waals surface area contributed by atoms with E-state index in [1.807, 2.05) is 43.5 Å². The molecule has 136 valence electrons. The Labute approximate surface area is 157 Å². The molecule has 2 rings (SSSR count). The minimum Gasteiger partial charge on any atom is -0.496 e. The van der Waals surface area contributed by atoms with Crippen LogP contribution < -0.4 is 10.6 Å². The predicted molar refractivity (Wildman–Crippen MR) is 104 cm³/mol. The lowest BCUT2D eigenvalue weighted by molar-refractivity contribution is -0.121. The number of carbonyl (C=O) groups excluding carboxylic acids is 2. The van der Waals surface area contributed by atoms with E-state index in [1.165, 1.54) is 23.5 Å². The number of carbonyl (C=O) groups is 2. The molecule has 2 atom stereocenters. The molecule has 1 unspecified atom stereocenters. The van der Waals surface area contributed by atoms with Crippen molar-refractivity contribution in [2.24, 2.45) is 0 Å². The third-order valence-corrected chi connectivity index (χ3v) is 5.80. The Bertz CT molecular complexity index is 634. The zero-order valence-corrected chi connectivity index (χ0v) is 16.3. The van der Waals surface area contributed by atoms with Crippen LogP contribution in [-0.4, -0.2) is 43.0 Å². The first-order valence-electron chi connectivity index (χ1n) is 8.15. The first kappa shape index (κ1) is 19.7. The van der Waals surface area contributed by atoms with Crippen molar-refractivity contribution in [3.05, 3.63) is 46.6 Å². The second kappa shape index (κ2) is 9.77. The smallest absolute Gasteiger partial charge is 0.261 e. The number of thioether (sulfide) groups is 2. The number of nitrogens with one attached hydrogen (secondary N) is 2. The van der Waals surface area contributed by atoms with Gasteiger partial charge in [0.1, 0.15) is 15.9 Å². The predicted octanol–water partition coefficient (Wildman–Crippen LogP) is 2.71. The van der Waals surface area contributed by atoms with E-state index >= 15 is 0 Å². The summed E-state index contributed by atoms with van der Waals surface area (Å²) in [7, 11) is 0. The number of ether oxygens (including phenoxy) is 1. The van der Waals surface area contributed by atoms with Crippen LogP contribution in [0.25, 0.3) is 0 Å². The van der Waals surface area contributed by atoms with E-state index in [9.17, 15) is 9.59 Å². The number of benzene rings is 1. The number of allylic oxidation sites excluding steroid dienone is 1. The van der Waals surface area contributed by atoms with Crippen LogP contribution in [0.15, 0.2) is 41.0 Å². The minimum atomic E-state index is -0.253. The zero-order valence-electron chi connectivity index (χ0n) is 14.7. The highest BCUT2D eigenvalue weighted by Gasteiger charge is 2.22. The summed E-state index contributed by atoms with van der Waals surface area (Å²) < 4.78 is 5.41. The quantitative estimate of drug-likeness (QED) is 0.761. The third kappa shape index (κ3) is 5.71. The third-order valence-electron chi connectivity index (χ3n) is 3.71. The lowest BCUT2D eigenvalue weighted by Gasteiger charge is -2.21. The first-order chi connectivity index (χ1) is 12.0. The first-order valence-corrected chi connectivity index (χ1v) is 10.4. The van der Waals surface area contributed by atoms with Gasteiger partial charge >= 0.3 is 0 Å². The van der Waals surface area contributed by atoms with Crippen molar-refractivity contribution < 1.29 is 14.3 Å². The van der Waals surface area contributed by atoms with Gasteiger partial charge in [-0.1, -0.05) is 30.3 Å². The van der Waals surface area contributed by atoms with Crippen molar-refractivity contribution in [1.82, 2.24) is 10.6 Å². The Morgan fingerprint density at radius 2 is 2.04 bits per heavy atom. The standard InChI is InChI=1S/C18H24N2O3S2/c1-12(20-18(22)15-13(2)23-9-10-25-15)11-19-17(21)16(24-3)14-7-5-4-6-8-14/h4-8,12,16H,9-11H2,1-3H3,(H,19,21)(H,20,22)/t12-,16?/m0/s1. The fraction of sp³-hybridized carbons (Fsp3) is 0.444. The fourth-order valence-corrected chi connectivity index (χ4v) is 3.99. The SMILES string of the molecule is CSC(C(=O)NC[C@H](C)NC(=O)C1=C(C)OCCS1)c1ccccc1. The Kier molecular flexibility index (Phi) is 7.71. The molecular weight excluding hydrogens is 356 g/mol. The molecule has 0 aromatic heterocycles. The van der Waals surface area contributed by atoms with E-state index in [4.69, 9.17) is 4.74 Å². The molecule has 1 heterocycles. The summed E-state index contributed by atoms with van der Waals surface area (Å²) in [5, 5.41) is 5.58. The molecule has 0 saturated carbocycles. The van der Waals surface area contributed by atoms with E-state index in [0.717, 1.165) is 11.3 Å². The van der Waals surface area contributed by atoms with Crippen molar-refractivity contribution in [2.75, 3.05) is 25.2 Å². The average Bonchev–Trinajstić information content (AvgIpc) is 2.62. The van der Waals surface area contributed by atoms with Crippen molar-refractivity contribution in [2.45, 2.75) is 25.1 Å². The maximum atomic E-state index is 12.4. The maximum Gasteiger partial charge on any atom is 0.261 e. The molecule has 1 aromatic carbocycles. The average molecular weight is 381 g/mol. The molecule has 0 spiro atoms. The minimum absolute atomic E-state index is 0.0504. The molecule has 2 amide bonds. The highest BCUT2D eigenvalue weighted by atomic mass is 32.2. The molecule has 2 N–H and O–H groups in total. The normalized spacial score (nSPS) is 16.6. The lowest BCUT2D eigenvalue weighted by Crippen LogP contribution is -2.43. The van der Waals surface area contributed by atoms with Gasteiger partial charge in [0.05, 0.1) is 6.61 Å². The summed E-state index contributed by atoms with van der Waals surface area (Å²) in [6, 6.07) is 9.50. The molecule has 1 aliphatic rings. The van der Waals surface area contributed by atoms with Gasteiger partial charge in [-0.15, -0.1) is 23.5 Å². The molecule has 1 aromatic rings. The van der Waals surface area contributed by atoms with Gasteiger partial charge < -0.3 is 15.4 Å². The van der Waals surface area contributed by atoms with Crippen LogP contribution in [-0.2, 0) is 14.3 Å². The second-order valence-electron chi connectivity index (χ2n) is 5.73. The molecule has 0 aliphatic carbocycles. The number of hydrogen-bond donors (Lipinski definition) is 2. The van der Waals surface area contributed by atoms with E-state index in [2.05, 4.69) is 10.6 Å². The van der Waals surface area contributed by atoms with Gasteiger partial charge in [-0.3, -0.25) is 9.59 Å². The second-order valence-corrected chi connectivity index (χ2v) is 7.78. The number of hydrogen-bond acceptors (Lipinski definition) is 5. The molecule has 7 heteroatoms. The van der Waals surface area contributed by atoms with Crippen LogP contribution in [0.2, 0.25) is 0 Å². The summed E-state index contributed by atoms with van der Waals surface area (Å²) in [4.78, 5) is 25.4. The summed E-state index contributed by atoms with van der Waals surface area (Å²) in [6.45, 7) is 4.69.